The van der Waals surface area contributed by atoms with Crippen molar-refractivity contribution in [2.24, 2.45) is 0 Å². The molecule has 140 valence electrons. The molecule has 5 nitrogen and oxygen atoms in total. The fourth-order valence-corrected chi connectivity index (χ4v) is 4.60. The van der Waals surface area contributed by atoms with Gasteiger partial charge in [-0.2, -0.15) is 4.68 Å². The van der Waals surface area contributed by atoms with Gasteiger partial charge in [0, 0.05) is 16.3 Å². The molecule has 0 radical (unpaired) electrons. The Balaban J connectivity index is 1.70. The number of amides is 1. The molecule has 1 amide bonds. The van der Waals surface area contributed by atoms with E-state index in [0.29, 0.717) is 31.7 Å². The molecule has 2 heterocycles. The summed E-state index contributed by atoms with van der Waals surface area (Å²) < 4.78 is 1.71. The van der Waals surface area contributed by atoms with Gasteiger partial charge < -0.3 is 0 Å². The number of thiophene rings is 1. The van der Waals surface area contributed by atoms with Crippen molar-refractivity contribution in [2.45, 2.75) is 10.9 Å². The van der Waals surface area contributed by atoms with Gasteiger partial charge in [-0.3, -0.25) is 15.0 Å². The Labute approximate surface area is 174 Å². The first kappa shape index (κ1) is 18.7. The smallest absolute Gasteiger partial charge is 0.267 e. The number of nitrogens with one attached hydrogen (secondary N) is 1. The molecule has 0 atom stereocenters. The second-order valence-corrected chi connectivity index (χ2v) is 8.12. The van der Waals surface area contributed by atoms with Crippen LogP contribution in [0.5, 0.6) is 0 Å². The lowest BCUT2D eigenvalue weighted by Gasteiger charge is -2.13. The minimum atomic E-state index is -0.375. The molecule has 0 saturated heterocycles. The monoisotopic (exact) mass is 427 g/mol. The zero-order valence-corrected chi connectivity index (χ0v) is 16.9. The Kier molecular flexibility index (Phi) is 5.47. The van der Waals surface area contributed by atoms with Crippen molar-refractivity contribution in [3.05, 3.63) is 92.5 Å². The summed E-state index contributed by atoms with van der Waals surface area (Å²) in [5, 5.41) is 2.86. The van der Waals surface area contributed by atoms with Crippen LogP contribution in [0.4, 0.5) is 0 Å². The number of hydrogen-bond acceptors (Lipinski definition) is 5. The summed E-state index contributed by atoms with van der Waals surface area (Å²) in [6.45, 7) is 0. The largest absolute Gasteiger partial charge is 0.291 e. The Morgan fingerprint density at radius 2 is 1.86 bits per heavy atom. The van der Waals surface area contributed by atoms with Crippen molar-refractivity contribution in [3.63, 3.8) is 0 Å². The van der Waals surface area contributed by atoms with Crippen molar-refractivity contribution in [3.8, 4) is 0 Å². The molecular weight excluding hydrogens is 414 g/mol. The van der Waals surface area contributed by atoms with Crippen molar-refractivity contribution < 1.29 is 4.79 Å². The van der Waals surface area contributed by atoms with E-state index in [1.807, 2.05) is 35.7 Å². The van der Waals surface area contributed by atoms with Crippen LogP contribution in [0.25, 0.3) is 10.2 Å². The molecule has 0 aliphatic carbocycles. The highest BCUT2D eigenvalue weighted by Gasteiger charge is 2.16. The van der Waals surface area contributed by atoms with Gasteiger partial charge in [0.25, 0.3) is 11.5 Å². The van der Waals surface area contributed by atoms with Crippen LogP contribution in [0.3, 0.4) is 0 Å². The second-order valence-electron chi connectivity index (χ2n) is 5.86. The zero-order chi connectivity index (χ0) is 19.5. The number of hydrogen-bond donors (Lipinski definition) is 1. The third-order valence-corrected chi connectivity index (χ3v) is 6.26. The Hall–Kier alpha value is -2.61. The highest BCUT2D eigenvalue weighted by molar-refractivity contribution is 7.98. The van der Waals surface area contributed by atoms with Crippen LogP contribution in [-0.2, 0) is 5.75 Å². The summed E-state index contributed by atoms with van der Waals surface area (Å²) in [5.74, 6) is 0.142. The number of aromatic nitrogens is 2. The normalized spacial score (nSPS) is 10.9. The van der Waals surface area contributed by atoms with Gasteiger partial charge in [-0.05, 0) is 35.2 Å². The van der Waals surface area contributed by atoms with E-state index in [9.17, 15) is 9.59 Å². The summed E-state index contributed by atoms with van der Waals surface area (Å²) in [6, 6.07) is 18.0. The van der Waals surface area contributed by atoms with Crippen LogP contribution in [0.15, 0.2) is 76.0 Å². The molecule has 4 rings (SSSR count). The van der Waals surface area contributed by atoms with Gasteiger partial charge in [0.1, 0.15) is 4.70 Å². The van der Waals surface area contributed by atoms with Gasteiger partial charge in [-0.1, -0.05) is 59.8 Å². The highest BCUT2D eigenvalue weighted by Crippen LogP contribution is 2.26. The molecule has 4 aromatic rings. The standard InChI is InChI=1S/C20H14ClN3O2S2/c21-15-9-5-4-8-14(15)12-28-20-22-16-10-11-27-17(16)19(26)24(20)23-18(25)13-6-2-1-3-7-13/h1-11H,12H2,(H,23,25). The summed E-state index contributed by atoms with van der Waals surface area (Å²) in [4.78, 5) is 30.1. The molecule has 0 spiro atoms. The van der Waals surface area contributed by atoms with E-state index in [0.717, 1.165) is 5.56 Å². The first-order valence-electron chi connectivity index (χ1n) is 8.36. The predicted molar refractivity (Wildman–Crippen MR) is 115 cm³/mol. The molecule has 28 heavy (non-hydrogen) atoms. The lowest BCUT2D eigenvalue weighted by atomic mass is 10.2. The van der Waals surface area contributed by atoms with Crippen molar-refractivity contribution in [1.82, 2.24) is 9.66 Å². The maximum Gasteiger partial charge on any atom is 0.291 e. The number of benzene rings is 2. The van der Waals surface area contributed by atoms with Gasteiger partial charge in [0.2, 0.25) is 0 Å². The van der Waals surface area contributed by atoms with Crippen molar-refractivity contribution >= 4 is 50.8 Å². The third-order valence-electron chi connectivity index (χ3n) is 4.01. The van der Waals surface area contributed by atoms with Crippen molar-refractivity contribution in [2.75, 3.05) is 5.43 Å². The zero-order valence-electron chi connectivity index (χ0n) is 14.5. The van der Waals surface area contributed by atoms with Gasteiger partial charge in [-0.15, -0.1) is 11.3 Å². The fraction of sp³-hybridized carbons (Fsp3) is 0.0500. The molecule has 2 aromatic heterocycles. The Morgan fingerprint density at radius 1 is 1.11 bits per heavy atom. The van der Waals surface area contributed by atoms with Gasteiger partial charge >= 0.3 is 0 Å². The van der Waals surface area contributed by atoms with E-state index in [2.05, 4.69) is 10.4 Å². The lowest BCUT2D eigenvalue weighted by Crippen LogP contribution is -2.34. The lowest BCUT2D eigenvalue weighted by molar-refractivity contribution is 0.100. The van der Waals surface area contributed by atoms with Gasteiger partial charge in [0.15, 0.2) is 5.16 Å². The molecule has 0 fully saturated rings. The van der Waals surface area contributed by atoms with Crippen LogP contribution in [0.2, 0.25) is 5.02 Å². The van der Waals surface area contributed by atoms with E-state index >= 15 is 0 Å². The van der Waals surface area contributed by atoms with Gasteiger partial charge in [-0.25, -0.2) is 4.98 Å². The molecule has 2 aromatic carbocycles. The van der Waals surface area contributed by atoms with Crippen LogP contribution in [-0.4, -0.2) is 15.6 Å². The van der Waals surface area contributed by atoms with Crippen LogP contribution >= 0.6 is 34.7 Å². The molecule has 0 bridgehead atoms. The SMILES string of the molecule is O=C(Nn1c(SCc2ccccc2Cl)nc2ccsc2c1=O)c1ccccc1. The molecule has 8 heteroatoms. The molecular formula is C20H14ClN3O2S2. The minimum absolute atomic E-state index is 0.300. The van der Waals surface area contributed by atoms with Crippen LogP contribution in [0, 0.1) is 0 Å². The Morgan fingerprint density at radius 3 is 2.64 bits per heavy atom. The topological polar surface area (TPSA) is 64.0 Å². The Bertz CT molecular complexity index is 1210. The first-order chi connectivity index (χ1) is 13.6. The fourth-order valence-electron chi connectivity index (χ4n) is 2.60. The predicted octanol–water partition coefficient (Wildman–Crippen LogP) is 4.79. The van der Waals surface area contributed by atoms with Gasteiger partial charge in [0.05, 0.1) is 5.52 Å². The van der Waals surface area contributed by atoms with E-state index in [-0.39, 0.29) is 11.5 Å². The van der Waals surface area contributed by atoms with E-state index < -0.39 is 0 Å². The number of nitrogens with zero attached hydrogens (tertiary/aromatic N) is 2. The van der Waals surface area contributed by atoms with Crippen LogP contribution < -0.4 is 11.0 Å². The number of carbonyl (C=O) groups is 1. The molecule has 0 unspecified atom stereocenters. The number of rotatable bonds is 5. The third kappa shape index (κ3) is 3.82. The van der Waals surface area contributed by atoms with Crippen molar-refractivity contribution in [1.29, 1.82) is 0 Å². The quantitative estimate of drug-likeness (QED) is 0.367. The van der Waals surface area contributed by atoms with E-state index in [1.165, 1.54) is 27.8 Å². The van der Waals surface area contributed by atoms with E-state index in [1.54, 1.807) is 30.3 Å². The number of carbonyl (C=O) groups excluding carboxylic acids is 1. The second kappa shape index (κ2) is 8.18. The first-order valence-corrected chi connectivity index (χ1v) is 10.6. The number of fused-ring (bicyclic) bond motifs is 1. The summed E-state index contributed by atoms with van der Waals surface area (Å²) >= 11 is 8.87. The highest BCUT2D eigenvalue weighted by atomic mass is 35.5. The van der Waals surface area contributed by atoms with Crippen LogP contribution in [0.1, 0.15) is 15.9 Å². The number of thioether (sulfide) groups is 1. The molecule has 1 N–H and O–H groups in total. The summed E-state index contributed by atoms with van der Waals surface area (Å²) in [7, 11) is 0. The summed E-state index contributed by atoms with van der Waals surface area (Å²) in [6.07, 6.45) is 0. The average Bonchev–Trinajstić information content (AvgIpc) is 3.19. The molecule has 0 aliphatic rings. The maximum atomic E-state index is 12.9. The minimum Gasteiger partial charge on any atom is -0.267 e. The molecule has 0 aliphatic heterocycles. The summed E-state index contributed by atoms with van der Waals surface area (Å²) in [5.41, 5.74) is 4.38. The maximum absolute atomic E-state index is 12.9. The average molecular weight is 428 g/mol. The molecule has 0 saturated carbocycles. The number of halogens is 1. The van der Waals surface area contributed by atoms with E-state index in [4.69, 9.17) is 11.6 Å².